The summed E-state index contributed by atoms with van der Waals surface area (Å²) in [6.07, 6.45) is 3.44. The normalized spacial score (nSPS) is 14.4. The predicted octanol–water partition coefficient (Wildman–Crippen LogP) is 6.29. The summed E-state index contributed by atoms with van der Waals surface area (Å²) in [6, 6.07) is 13.4. The molecule has 0 radical (unpaired) electrons. The van der Waals surface area contributed by atoms with Gasteiger partial charge in [-0.05, 0) is 81.9 Å². The van der Waals surface area contributed by atoms with E-state index in [4.69, 9.17) is 16.3 Å². The third-order valence-electron chi connectivity index (χ3n) is 5.84. The molecule has 0 atom stereocenters. The number of non-ortho nitro benzene ring substituents is 1. The van der Waals surface area contributed by atoms with Crippen molar-refractivity contribution in [2.24, 2.45) is 0 Å². The zero-order chi connectivity index (χ0) is 28.3. The first-order valence-corrected chi connectivity index (χ1v) is 12.7. The molecule has 1 saturated heterocycles. The van der Waals surface area contributed by atoms with Crippen LogP contribution < -0.4 is 15.0 Å². The number of nitro benzene ring substituents is 1. The first-order valence-electron chi connectivity index (χ1n) is 11.6. The lowest BCUT2D eigenvalue weighted by Crippen LogP contribution is -2.54. The van der Waals surface area contributed by atoms with Crippen molar-refractivity contribution in [2.75, 3.05) is 4.90 Å². The van der Waals surface area contributed by atoms with Gasteiger partial charge in [-0.25, -0.2) is 9.69 Å². The number of amides is 4. The van der Waals surface area contributed by atoms with E-state index in [1.807, 2.05) is 0 Å². The van der Waals surface area contributed by atoms with Gasteiger partial charge in [-0.3, -0.25) is 25.0 Å². The van der Waals surface area contributed by atoms with Gasteiger partial charge >= 0.3 is 6.03 Å². The van der Waals surface area contributed by atoms with E-state index >= 15 is 0 Å². The Morgan fingerprint density at radius 2 is 1.92 bits per heavy atom. The number of ether oxygens (including phenoxy) is 1. The number of carbonyl (C=O) groups is 3. The maximum atomic E-state index is 13.3. The molecule has 11 heteroatoms. The molecule has 0 unspecified atom stereocenters. The smallest absolute Gasteiger partial charge is 0.335 e. The fraction of sp³-hybridized carbons (Fsp3) is 0.107. The van der Waals surface area contributed by atoms with Crippen LogP contribution >= 0.6 is 27.5 Å². The summed E-state index contributed by atoms with van der Waals surface area (Å²) in [5.41, 5.74) is 2.51. The van der Waals surface area contributed by atoms with Gasteiger partial charge in [0.2, 0.25) is 0 Å². The summed E-state index contributed by atoms with van der Waals surface area (Å²) in [5, 5.41) is 13.6. The van der Waals surface area contributed by atoms with Gasteiger partial charge in [0, 0.05) is 17.2 Å². The van der Waals surface area contributed by atoms with E-state index in [0.717, 1.165) is 10.5 Å². The van der Waals surface area contributed by atoms with Gasteiger partial charge in [-0.15, -0.1) is 6.58 Å². The summed E-state index contributed by atoms with van der Waals surface area (Å²) < 4.78 is 6.52. The van der Waals surface area contributed by atoms with Crippen LogP contribution in [0.15, 0.2) is 77.3 Å². The van der Waals surface area contributed by atoms with Crippen molar-refractivity contribution in [1.82, 2.24) is 5.32 Å². The fourth-order valence-electron chi connectivity index (χ4n) is 3.92. The van der Waals surface area contributed by atoms with Crippen LogP contribution in [0, 0.1) is 17.0 Å². The number of aryl methyl sites for hydroxylation is 1. The summed E-state index contributed by atoms with van der Waals surface area (Å²) in [4.78, 5) is 49.9. The Bertz CT molecular complexity index is 1570. The number of anilines is 1. The second-order valence-electron chi connectivity index (χ2n) is 8.59. The van der Waals surface area contributed by atoms with Crippen molar-refractivity contribution < 1.29 is 24.0 Å². The van der Waals surface area contributed by atoms with Crippen LogP contribution in [0.1, 0.15) is 22.3 Å². The first-order chi connectivity index (χ1) is 18.6. The molecule has 3 aromatic carbocycles. The quantitative estimate of drug-likeness (QED) is 0.105. The number of nitro groups is 1. The Morgan fingerprint density at radius 1 is 1.15 bits per heavy atom. The van der Waals surface area contributed by atoms with Crippen LogP contribution in [0.3, 0.4) is 0 Å². The molecule has 1 aliphatic rings. The molecule has 198 valence electrons. The van der Waals surface area contributed by atoms with Crippen LogP contribution in [0.4, 0.5) is 16.2 Å². The van der Waals surface area contributed by atoms with E-state index in [2.05, 4.69) is 27.8 Å². The highest BCUT2D eigenvalue weighted by Crippen LogP contribution is 2.34. The van der Waals surface area contributed by atoms with Crippen LogP contribution in [0.25, 0.3) is 6.08 Å². The van der Waals surface area contributed by atoms with E-state index in [1.165, 1.54) is 24.3 Å². The van der Waals surface area contributed by atoms with Crippen molar-refractivity contribution in [1.29, 1.82) is 0 Å². The largest absolute Gasteiger partial charge is 0.487 e. The zero-order valence-electron chi connectivity index (χ0n) is 20.6. The number of halogens is 2. The minimum Gasteiger partial charge on any atom is -0.487 e. The molecule has 4 amide bonds. The number of hydrogen-bond acceptors (Lipinski definition) is 6. The predicted molar refractivity (Wildman–Crippen MR) is 151 cm³/mol. The molecule has 0 aromatic heterocycles. The van der Waals surface area contributed by atoms with Crippen molar-refractivity contribution in [3.8, 4) is 5.75 Å². The van der Waals surface area contributed by atoms with Gasteiger partial charge in [0.15, 0.2) is 0 Å². The molecule has 9 nitrogen and oxygen atoms in total. The third-order valence-corrected chi connectivity index (χ3v) is 6.83. The minimum absolute atomic E-state index is 0.0423. The number of hydrogen-bond donors (Lipinski definition) is 1. The van der Waals surface area contributed by atoms with Crippen LogP contribution in [-0.4, -0.2) is 22.8 Å². The van der Waals surface area contributed by atoms with Crippen LogP contribution in [-0.2, 0) is 22.6 Å². The molecule has 0 bridgehead atoms. The first kappa shape index (κ1) is 27.7. The number of nitrogens with one attached hydrogen (secondary N) is 1. The average Bonchev–Trinajstić information content (AvgIpc) is 2.88. The molecule has 0 spiro atoms. The fourth-order valence-corrected chi connectivity index (χ4v) is 4.73. The topological polar surface area (TPSA) is 119 Å². The summed E-state index contributed by atoms with van der Waals surface area (Å²) in [6.45, 7) is 5.63. The van der Waals surface area contributed by atoms with E-state index < -0.39 is 22.8 Å². The lowest BCUT2D eigenvalue weighted by atomic mass is 10.0. The van der Waals surface area contributed by atoms with Crippen molar-refractivity contribution in [3.05, 3.63) is 115 Å². The van der Waals surface area contributed by atoms with Gasteiger partial charge in [-0.1, -0.05) is 35.9 Å². The Kier molecular flexibility index (Phi) is 8.27. The molecular weight excluding hydrogens is 590 g/mol. The molecule has 3 aromatic rings. The highest BCUT2D eigenvalue weighted by molar-refractivity contribution is 9.10. The van der Waals surface area contributed by atoms with Gasteiger partial charge in [0.1, 0.15) is 17.9 Å². The third kappa shape index (κ3) is 6.08. The lowest BCUT2D eigenvalue weighted by Gasteiger charge is -2.26. The van der Waals surface area contributed by atoms with E-state index in [9.17, 15) is 24.5 Å². The van der Waals surface area contributed by atoms with E-state index in [-0.39, 0.29) is 23.6 Å². The molecule has 4 rings (SSSR count). The van der Waals surface area contributed by atoms with Gasteiger partial charge < -0.3 is 4.74 Å². The molecule has 0 saturated carbocycles. The number of nitrogens with zero attached hydrogens (tertiary/aromatic N) is 2. The zero-order valence-corrected chi connectivity index (χ0v) is 22.9. The highest BCUT2D eigenvalue weighted by atomic mass is 79.9. The molecule has 0 aliphatic carbocycles. The number of barbiturate groups is 1. The molecule has 1 N–H and O–H groups in total. The Hall–Kier alpha value is -4.28. The van der Waals surface area contributed by atoms with Gasteiger partial charge in [0.25, 0.3) is 17.5 Å². The Morgan fingerprint density at radius 3 is 2.62 bits per heavy atom. The number of rotatable bonds is 8. The standard InChI is InChI=1S/C28H21BrClN3O6/c1-3-5-19-10-18(13-23(29)25(19)39-15-17-6-4-7-21(11-17)33(37)38)12-22-26(34)31-28(36)32(27(22)35)20-9-8-16(2)24(30)14-20/h3-4,6-14H,1,5,15H2,2H3,(H,31,34,36)/b22-12-. The average molecular weight is 611 g/mol. The number of allylic oxidation sites excluding steroid dienone is 1. The van der Waals surface area contributed by atoms with Gasteiger partial charge in [0.05, 0.1) is 15.1 Å². The molecule has 1 fully saturated rings. The van der Waals surface area contributed by atoms with Gasteiger partial charge in [-0.2, -0.15) is 0 Å². The molecule has 39 heavy (non-hydrogen) atoms. The van der Waals surface area contributed by atoms with Crippen LogP contribution in [0.5, 0.6) is 5.75 Å². The number of urea groups is 1. The number of imide groups is 2. The summed E-state index contributed by atoms with van der Waals surface area (Å²) in [7, 11) is 0. The summed E-state index contributed by atoms with van der Waals surface area (Å²) >= 11 is 9.67. The van der Waals surface area contributed by atoms with Crippen molar-refractivity contribution >= 4 is 62.8 Å². The minimum atomic E-state index is -0.875. The van der Waals surface area contributed by atoms with E-state index in [1.54, 1.807) is 49.4 Å². The maximum absolute atomic E-state index is 13.3. The molecule has 1 heterocycles. The highest BCUT2D eigenvalue weighted by Gasteiger charge is 2.37. The SMILES string of the molecule is C=CCc1cc(/C=C2/C(=O)NC(=O)N(c3ccc(C)c(Cl)c3)C2=O)cc(Br)c1OCc1cccc([N+](=O)[O-])c1. The molecular formula is C28H21BrClN3O6. The second-order valence-corrected chi connectivity index (χ2v) is 9.85. The Balaban J connectivity index is 1.66. The summed E-state index contributed by atoms with van der Waals surface area (Å²) in [5.74, 6) is -1.14. The van der Waals surface area contributed by atoms with Crippen molar-refractivity contribution in [2.45, 2.75) is 20.0 Å². The van der Waals surface area contributed by atoms with Crippen LogP contribution in [0.2, 0.25) is 5.02 Å². The number of carbonyl (C=O) groups excluding carboxylic acids is 3. The monoisotopic (exact) mass is 609 g/mol. The molecule has 1 aliphatic heterocycles. The second kappa shape index (κ2) is 11.6. The maximum Gasteiger partial charge on any atom is 0.335 e. The lowest BCUT2D eigenvalue weighted by molar-refractivity contribution is -0.384. The number of benzene rings is 3. The Labute approximate surface area is 237 Å². The van der Waals surface area contributed by atoms with Crippen molar-refractivity contribution in [3.63, 3.8) is 0 Å². The van der Waals surface area contributed by atoms with E-state index in [0.29, 0.717) is 38.4 Å².